The maximum absolute atomic E-state index is 6.06. The summed E-state index contributed by atoms with van der Waals surface area (Å²) in [4.78, 5) is 4.27. The number of hydrogen-bond donors (Lipinski definition) is 0. The van der Waals surface area contributed by atoms with Crippen LogP contribution in [-0.2, 0) is 13.0 Å². The third-order valence-corrected chi connectivity index (χ3v) is 3.02. The van der Waals surface area contributed by atoms with Crippen LogP contribution >= 0.6 is 11.6 Å². The van der Waals surface area contributed by atoms with E-state index in [2.05, 4.69) is 23.9 Å². The first-order valence-corrected chi connectivity index (χ1v) is 6.22. The minimum absolute atomic E-state index is 0.313. The van der Waals surface area contributed by atoms with Crippen molar-refractivity contribution in [3.05, 3.63) is 12.2 Å². The van der Waals surface area contributed by atoms with E-state index in [1.54, 1.807) is 6.33 Å². The van der Waals surface area contributed by atoms with Crippen molar-refractivity contribution in [2.75, 3.05) is 0 Å². The van der Waals surface area contributed by atoms with Crippen LogP contribution in [0.15, 0.2) is 6.33 Å². The van der Waals surface area contributed by atoms with E-state index in [1.807, 2.05) is 4.68 Å². The van der Waals surface area contributed by atoms with Gasteiger partial charge in [0, 0.05) is 18.3 Å². The lowest BCUT2D eigenvalue weighted by Gasteiger charge is -2.06. The fraction of sp³-hybridized carbons (Fsp3) is 0.818. The number of aromatic nitrogens is 3. The number of aryl methyl sites for hydroxylation is 2. The molecule has 1 rings (SSSR count). The fourth-order valence-electron chi connectivity index (χ4n) is 1.57. The van der Waals surface area contributed by atoms with Crippen LogP contribution < -0.4 is 0 Å². The predicted molar refractivity (Wildman–Crippen MR) is 63.2 cm³/mol. The summed E-state index contributed by atoms with van der Waals surface area (Å²) in [6.07, 6.45) is 6.94. The summed E-state index contributed by atoms with van der Waals surface area (Å²) in [5, 5.41) is 4.51. The first-order chi connectivity index (χ1) is 7.27. The van der Waals surface area contributed by atoms with E-state index in [9.17, 15) is 0 Å². The lowest BCUT2D eigenvalue weighted by atomic mass is 10.1. The summed E-state index contributed by atoms with van der Waals surface area (Å²) in [6.45, 7) is 5.24. The Labute approximate surface area is 96.8 Å². The van der Waals surface area contributed by atoms with Crippen molar-refractivity contribution in [3.63, 3.8) is 0 Å². The molecular formula is C11H20ClN3. The van der Waals surface area contributed by atoms with Gasteiger partial charge in [0.25, 0.3) is 0 Å². The van der Waals surface area contributed by atoms with E-state index in [-0.39, 0.29) is 0 Å². The Hall–Kier alpha value is -0.570. The molecule has 0 saturated carbocycles. The van der Waals surface area contributed by atoms with Gasteiger partial charge in [-0.05, 0) is 25.7 Å². The molecular weight excluding hydrogens is 210 g/mol. The fourth-order valence-corrected chi connectivity index (χ4v) is 1.72. The van der Waals surface area contributed by atoms with Gasteiger partial charge >= 0.3 is 0 Å². The number of rotatable bonds is 7. The number of hydrogen-bond acceptors (Lipinski definition) is 2. The monoisotopic (exact) mass is 229 g/mol. The zero-order chi connectivity index (χ0) is 11.1. The maximum Gasteiger partial charge on any atom is 0.138 e. The van der Waals surface area contributed by atoms with Crippen LogP contribution in [0.1, 0.15) is 45.4 Å². The van der Waals surface area contributed by atoms with Gasteiger partial charge in [-0.1, -0.05) is 13.8 Å². The maximum atomic E-state index is 6.06. The molecule has 0 aliphatic carbocycles. The molecule has 0 saturated heterocycles. The quantitative estimate of drug-likeness (QED) is 0.673. The van der Waals surface area contributed by atoms with Crippen LogP contribution in [0.25, 0.3) is 0 Å². The predicted octanol–water partition coefficient (Wildman–Crippen LogP) is 3.03. The normalized spacial score (nSPS) is 13.0. The Balaban J connectivity index is 2.33. The van der Waals surface area contributed by atoms with Gasteiger partial charge in [0.2, 0.25) is 0 Å². The largest absolute Gasteiger partial charge is 0.250 e. The second kappa shape index (κ2) is 6.83. The Bertz CT molecular complexity index is 273. The van der Waals surface area contributed by atoms with E-state index in [0.717, 1.165) is 44.5 Å². The highest BCUT2D eigenvalue weighted by Gasteiger charge is 2.05. The van der Waals surface area contributed by atoms with Crippen molar-refractivity contribution in [2.45, 2.75) is 57.9 Å². The van der Waals surface area contributed by atoms with Crippen molar-refractivity contribution in [3.8, 4) is 0 Å². The molecule has 1 heterocycles. The van der Waals surface area contributed by atoms with Gasteiger partial charge in [-0.3, -0.25) is 4.68 Å². The molecule has 0 N–H and O–H groups in total. The third-order valence-electron chi connectivity index (χ3n) is 2.49. The number of nitrogens with zero attached hydrogens (tertiary/aromatic N) is 3. The molecule has 0 aliphatic rings. The highest BCUT2D eigenvalue weighted by atomic mass is 35.5. The van der Waals surface area contributed by atoms with Gasteiger partial charge in [-0.15, -0.1) is 11.6 Å². The van der Waals surface area contributed by atoms with Gasteiger partial charge < -0.3 is 0 Å². The lowest BCUT2D eigenvalue weighted by molar-refractivity contribution is 0.552. The molecule has 4 heteroatoms. The highest BCUT2D eigenvalue weighted by molar-refractivity contribution is 6.20. The Morgan fingerprint density at radius 3 is 2.93 bits per heavy atom. The van der Waals surface area contributed by atoms with Crippen molar-refractivity contribution in [2.24, 2.45) is 0 Å². The summed E-state index contributed by atoms with van der Waals surface area (Å²) in [5.74, 6) is 1.09. The summed E-state index contributed by atoms with van der Waals surface area (Å²) < 4.78 is 2.00. The van der Waals surface area contributed by atoms with Crippen LogP contribution in [0.3, 0.4) is 0 Å². The summed E-state index contributed by atoms with van der Waals surface area (Å²) in [6, 6.07) is 0. The van der Waals surface area contributed by atoms with E-state index < -0.39 is 0 Å². The molecule has 0 spiro atoms. The summed E-state index contributed by atoms with van der Waals surface area (Å²) in [5.41, 5.74) is 0. The van der Waals surface area contributed by atoms with Crippen molar-refractivity contribution >= 4 is 11.6 Å². The first kappa shape index (κ1) is 12.5. The van der Waals surface area contributed by atoms with Crippen LogP contribution in [0, 0.1) is 0 Å². The number of halogens is 1. The van der Waals surface area contributed by atoms with E-state index in [0.29, 0.717) is 5.38 Å². The SMILES string of the molecule is CCCn1ncnc1CCCC(Cl)CC. The van der Waals surface area contributed by atoms with Crippen molar-refractivity contribution in [1.29, 1.82) is 0 Å². The first-order valence-electron chi connectivity index (χ1n) is 5.78. The highest BCUT2D eigenvalue weighted by Crippen LogP contribution is 2.11. The Morgan fingerprint density at radius 1 is 1.47 bits per heavy atom. The zero-order valence-corrected chi connectivity index (χ0v) is 10.4. The Morgan fingerprint density at radius 2 is 2.27 bits per heavy atom. The molecule has 1 aromatic heterocycles. The second-order valence-corrected chi connectivity index (χ2v) is 4.41. The standard InChI is InChI=1S/C11H20ClN3/c1-3-8-15-11(13-9-14-15)7-5-6-10(12)4-2/h9-10H,3-8H2,1-2H3. The molecule has 1 aromatic rings. The molecule has 0 bridgehead atoms. The molecule has 0 aliphatic heterocycles. The molecule has 15 heavy (non-hydrogen) atoms. The van der Waals surface area contributed by atoms with Gasteiger partial charge in [0.15, 0.2) is 0 Å². The molecule has 3 nitrogen and oxygen atoms in total. The van der Waals surface area contributed by atoms with Crippen LogP contribution in [-0.4, -0.2) is 20.1 Å². The van der Waals surface area contributed by atoms with E-state index in [4.69, 9.17) is 11.6 Å². The van der Waals surface area contributed by atoms with Crippen LogP contribution in [0.5, 0.6) is 0 Å². The lowest BCUT2D eigenvalue weighted by Crippen LogP contribution is -2.06. The van der Waals surface area contributed by atoms with E-state index in [1.165, 1.54) is 0 Å². The molecule has 0 aromatic carbocycles. The molecule has 0 radical (unpaired) electrons. The molecule has 1 atom stereocenters. The van der Waals surface area contributed by atoms with Gasteiger partial charge in [0.1, 0.15) is 12.2 Å². The zero-order valence-electron chi connectivity index (χ0n) is 9.62. The smallest absolute Gasteiger partial charge is 0.138 e. The average Bonchev–Trinajstić information content (AvgIpc) is 2.66. The molecule has 0 fully saturated rings. The van der Waals surface area contributed by atoms with Gasteiger partial charge in [-0.25, -0.2) is 4.98 Å². The Kier molecular flexibility index (Phi) is 5.69. The average molecular weight is 230 g/mol. The van der Waals surface area contributed by atoms with Crippen molar-refractivity contribution in [1.82, 2.24) is 14.8 Å². The molecule has 86 valence electrons. The third kappa shape index (κ3) is 4.20. The van der Waals surface area contributed by atoms with Gasteiger partial charge in [-0.2, -0.15) is 5.10 Å². The van der Waals surface area contributed by atoms with Crippen LogP contribution in [0.4, 0.5) is 0 Å². The minimum atomic E-state index is 0.313. The summed E-state index contributed by atoms with van der Waals surface area (Å²) in [7, 11) is 0. The number of alkyl halides is 1. The van der Waals surface area contributed by atoms with Gasteiger partial charge in [0.05, 0.1) is 0 Å². The van der Waals surface area contributed by atoms with E-state index >= 15 is 0 Å². The second-order valence-electron chi connectivity index (χ2n) is 3.80. The van der Waals surface area contributed by atoms with Crippen LogP contribution in [0.2, 0.25) is 0 Å². The molecule has 1 unspecified atom stereocenters. The minimum Gasteiger partial charge on any atom is -0.250 e. The summed E-state index contributed by atoms with van der Waals surface area (Å²) >= 11 is 6.06. The van der Waals surface area contributed by atoms with Crippen molar-refractivity contribution < 1.29 is 0 Å². The topological polar surface area (TPSA) is 30.7 Å². The molecule has 0 amide bonds.